The third-order valence-corrected chi connectivity index (χ3v) is 3.03. The molecule has 0 aliphatic carbocycles. The van der Waals surface area contributed by atoms with Gasteiger partial charge in [-0.05, 0) is 6.92 Å². The SMILES string of the molecule is Cc1csc(CCNC(=O)NC(=O)COCC(=O)O)n1. The van der Waals surface area contributed by atoms with E-state index in [0.29, 0.717) is 13.0 Å². The average molecular weight is 301 g/mol. The van der Waals surface area contributed by atoms with Gasteiger partial charge in [-0.3, -0.25) is 10.1 Å². The molecule has 0 fully saturated rings. The molecule has 1 rings (SSSR count). The number of carboxylic acid groups (broad SMARTS) is 1. The number of ether oxygens (including phenoxy) is 1. The number of carbonyl (C=O) groups is 3. The molecule has 110 valence electrons. The lowest BCUT2D eigenvalue weighted by molar-refractivity contribution is -0.143. The maximum atomic E-state index is 11.3. The number of aliphatic carboxylic acids is 1. The van der Waals surface area contributed by atoms with Crippen molar-refractivity contribution in [3.63, 3.8) is 0 Å². The summed E-state index contributed by atoms with van der Waals surface area (Å²) in [7, 11) is 0. The van der Waals surface area contributed by atoms with E-state index in [9.17, 15) is 14.4 Å². The molecule has 1 aromatic rings. The number of urea groups is 1. The number of aromatic nitrogens is 1. The Bertz CT molecular complexity index is 488. The molecule has 0 unspecified atom stereocenters. The second kappa shape index (κ2) is 8.23. The van der Waals surface area contributed by atoms with E-state index in [-0.39, 0.29) is 0 Å². The van der Waals surface area contributed by atoms with Crippen molar-refractivity contribution in [2.75, 3.05) is 19.8 Å². The highest BCUT2D eigenvalue weighted by Crippen LogP contribution is 2.08. The normalized spacial score (nSPS) is 10.1. The summed E-state index contributed by atoms with van der Waals surface area (Å²) in [5.41, 5.74) is 0.931. The number of hydrogen-bond donors (Lipinski definition) is 3. The number of hydrogen-bond acceptors (Lipinski definition) is 6. The van der Waals surface area contributed by atoms with Crippen LogP contribution in [0.25, 0.3) is 0 Å². The lowest BCUT2D eigenvalue weighted by Crippen LogP contribution is -2.42. The summed E-state index contributed by atoms with van der Waals surface area (Å²) in [6.45, 7) is 1.17. The highest BCUT2D eigenvalue weighted by atomic mass is 32.1. The first-order chi connectivity index (χ1) is 9.47. The van der Waals surface area contributed by atoms with Crippen molar-refractivity contribution in [2.45, 2.75) is 13.3 Å². The van der Waals surface area contributed by atoms with Gasteiger partial charge in [-0.1, -0.05) is 0 Å². The van der Waals surface area contributed by atoms with Gasteiger partial charge in [0.15, 0.2) is 0 Å². The fraction of sp³-hybridized carbons (Fsp3) is 0.455. The van der Waals surface area contributed by atoms with Crippen LogP contribution in [-0.2, 0) is 20.7 Å². The fourth-order valence-corrected chi connectivity index (χ4v) is 2.01. The number of carboxylic acids is 1. The molecule has 9 heteroatoms. The molecule has 0 saturated heterocycles. The van der Waals surface area contributed by atoms with Crippen LogP contribution in [-0.4, -0.2) is 47.8 Å². The molecule has 8 nitrogen and oxygen atoms in total. The van der Waals surface area contributed by atoms with Crippen LogP contribution < -0.4 is 10.6 Å². The molecule has 1 aromatic heterocycles. The highest BCUT2D eigenvalue weighted by molar-refractivity contribution is 7.09. The van der Waals surface area contributed by atoms with Gasteiger partial charge >= 0.3 is 12.0 Å². The highest BCUT2D eigenvalue weighted by Gasteiger charge is 2.08. The van der Waals surface area contributed by atoms with E-state index in [1.165, 1.54) is 11.3 Å². The summed E-state index contributed by atoms with van der Waals surface area (Å²) in [6.07, 6.45) is 0.579. The van der Waals surface area contributed by atoms with Gasteiger partial charge in [0.25, 0.3) is 5.91 Å². The minimum Gasteiger partial charge on any atom is -0.480 e. The predicted molar refractivity (Wildman–Crippen MR) is 70.6 cm³/mol. The lowest BCUT2D eigenvalue weighted by Gasteiger charge is -2.05. The Kier molecular flexibility index (Phi) is 6.60. The Labute approximate surface area is 119 Å². The number of thiazole rings is 1. The number of amides is 3. The molecule has 0 aromatic carbocycles. The zero-order chi connectivity index (χ0) is 15.0. The van der Waals surface area contributed by atoms with Crippen LogP contribution in [0.2, 0.25) is 0 Å². The first-order valence-corrected chi connectivity index (χ1v) is 6.63. The zero-order valence-corrected chi connectivity index (χ0v) is 11.7. The maximum absolute atomic E-state index is 11.3. The number of nitrogens with one attached hydrogen (secondary N) is 2. The Balaban J connectivity index is 2.13. The van der Waals surface area contributed by atoms with Crippen molar-refractivity contribution in [3.05, 3.63) is 16.1 Å². The van der Waals surface area contributed by atoms with Gasteiger partial charge in [0, 0.05) is 24.0 Å². The minimum atomic E-state index is -1.18. The largest absolute Gasteiger partial charge is 0.480 e. The van der Waals surface area contributed by atoms with Gasteiger partial charge in [-0.15, -0.1) is 11.3 Å². The fourth-order valence-electron chi connectivity index (χ4n) is 1.24. The van der Waals surface area contributed by atoms with Gasteiger partial charge < -0.3 is 15.2 Å². The summed E-state index contributed by atoms with van der Waals surface area (Å²) < 4.78 is 4.53. The van der Waals surface area contributed by atoms with Gasteiger partial charge in [-0.25, -0.2) is 14.6 Å². The maximum Gasteiger partial charge on any atom is 0.329 e. The average Bonchev–Trinajstić information content (AvgIpc) is 2.74. The topological polar surface area (TPSA) is 118 Å². The minimum absolute atomic E-state index is 0.349. The van der Waals surface area contributed by atoms with E-state index in [2.05, 4.69) is 15.0 Å². The summed E-state index contributed by atoms with van der Waals surface area (Å²) in [4.78, 5) is 36.9. The Morgan fingerprint density at radius 2 is 2.15 bits per heavy atom. The summed E-state index contributed by atoms with van der Waals surface area (Å²) in [5, 5.41) is 15.6. The molecule has 1 heterocycles. The molecule has 3 N–H and O–H groups in total. The van der Waals surface area contributed by atoms with Crippen LogP contribution in [0.4, 0.5) is 4.79 Å². The number of rotatable bonds is 7. The van der Waals surface area contributed by atoms with Crippen molar-refractivity contribution >= 4 is 29.2 Å². The first-order valence-electron chi connectivity index (χ1n) is 5.75. The van der Waals surface area contributed by atoms with Crippen molar-refractivity contribution in [3.8, 4) is 0 Å². The quantitative estimate of drug-likeness (QED) is 0.648. The number of carbonyl (C=O) groups excluding carboxylic acids is 2. The molecule has 20 heavy (non-hydrogen) atoms. The summed E-state index contributed by atoms with van der Waals surface area (Å²) in [5.74, 6) is -1.88. The predicted octanol–water partition coefficient (Wildman–Crippen LogP) is -0.0790. The van der Waals surface area contributed by atoms with Crippen molar-refractivity contribution in [1.29, 1.82) is 0 Å². The van der Waals surface area contributed by atoms with E-state index >= 15 is 0 Å². The van der Waals surface area contributed by atoms with E-state index in [4.69, 9.17) is 5.11 Å². The van der Waals surface area contributed by atoms with Crippen LogP contribution in [0, 0.1) is 6.92 Å². The van der Waals surface area contributed by atoms with E-state index in [0.717, 1.165) is 10.7 Å². The third kappa shape index (κ3) is 6.81. The van der Waals surface area contributed by atoms with Crippen LogP contribution in [0.5, 0.6) is 0 Å². The van der Waals surface area contributed by atoms with Crippen molar-refractivity contribution < 1.29 is 24.2 Å². The molecule has 3 amide bonds. The summed E-state index contributed by atoms with van der Waals surface area (Å²) >= 11 is 1.50. The van der Waals surface area contributed by atoms with Crippen molar-refractivity contribution in [1.82, 2.24) is 15.6 Å². The van der Waals surface area contributed by atoms with E-state index < -0.39 is 31.1 Å². The number of imide groups is 1. The smallest absolute Gasteiger partial charge is 0.329 e. The lowest BCUT2D eigenvalue weighted by atomic mass is 10.4. The Hall–Kier alpha value is -2.00. The molecule has 0 bridgehead atoms. The van der Waals surface area contributed by atoms with E-state index in [1.807, 2.05) is 17.6 Å². The Morgan fingerprint density at radius 3 is 2.75 bits per heavy atom. The van der Waals surface area contributed by atoms with Gasteiger partial charge in [-0.2, -0.15) is 0 Å². The van der Waals surface area contributed by atoms with Crippen LogP contribution >= 0.6 is 11.3 Å². The zero-order valence-electron chi connectivity index (χ0n) is 10.8. The number of nitrogens with zero attached hydrogens (tertiary/aromatic N) is 1. The van der Waals surface area contributed by atoms with Crippen molar-refractivity contribution in [2.24, 2.45) is 0 Å². The Morgan fingerprint density at radius 1 is 1.40 bits per heavy atom. The molecule has 0 atom stereocenters. The monoisotopic (exact) mass is 301 g/mol. The third-order valence-electron chi connectivity index (χ3n) is 2.00. The van der Waals surface area contributed by atoms with Crippen LogP contribution in [0.3, 0.4) is 0 Å². The molecule has 0 spiro atoms. The first kappa shape index (κ1) is 16.1. The van der Waals surface area contributed by atoms with Gasteiger partial charge in [0.05, 0.1) is 5.01 Å². The molecule has 0 aliphatic heterocycles. The molecule has 0 aliphatic rings. The second-order valence-electron chi connectivity index (χ2n) is 3.82. The second-order valence-corrected chi connectivity index (χ2v) is 4.77. The molecular weight excluding hydrogens is 286 g/mol. The van der Waals surface area contributed by atoms with E-state index in [1.54, 1.807) is 0 Å². The number of aryl methyl sites for hydroxylation is 1. The van der Waals surface area contributed by atoms with Gasteiger partial charge in [0.2, 0.25) is 0 Å². The molecule has 0 radical (unpaired) electrons. The van der Waals surface area contributed by atoms with Crippen LogP contribution in [0.1, 0.15) is 10.7 Å². The summed E-state index contributed by atoms with van der Waals surface area (Å²) in [6, 6.07) is -0.651. The molecular formula is C11H15N3O5S. The standard InChI is InChI=1S/C11H15N3O5S/c1-7-6-20-9(13-7)2-3-12-11(18)14-8(15)4-19-5-10(16)17/h6H,2-5H2,1H3,(H,16,17)(H2,12,14,15,18). The van der Waals surface area contributed by atoms with Crippen LogP contribution in [0.15, 0.2) is 5.38 Å². The molecule has 0 saturated carbocycles. The van der Waals surface area contributed by atoms with Gasteiger partial charge in [0.1, 0.15) is 13.2 Å².